The molecule has 0 spiro atoms. The lowest BCUT2D eigenvalue weighted by atomic mass is 10.1. The van der Waals surface area contributed by atoms with Gasteiger partial charge < -0.3 is 19.1 Å². The van der Waals surface area contributed by atoms with Crippen molar-refractivity contribution in [3.8, 4) is 5.75 Å². The second-order valence-electron chi connectivity index (χ2n) is 9.52. The summed E-state index contributed by atoms with van der Waals surface area (Å²) in [6.45, 7) is 4.01. The number of rotatable bonds is 5. The second-order valence-corrected chi connectivity index (χ2v) is 9.87. The summed E-state index contributed by atoms with van der Waals surface area (Å²) in [6.07, 6.45) is -4.28. The Kier molecular flexibility index (Phi) is 7.21. The highest BCUT2D eigenvalue weighted by molar-refractivity contribution is 6.31. The van der Waals surface area contributed by atoms with Crippen molar-refractivity contribution in [2.45, 2.75) is 70.3 Å². The molecule has 0 saturated carbocycles. The molecule has 194 valence electrons. The van der Waals surface area contributed by atoms with E-state index in [0.29, 0.717) is 6.04 Å². The highest BCUT2D eigenvalue weighted by atomic mass is 35.5. The first kappa shape index (κ1) is 25.9. The van der Waals surface area contributed by atoms with Gasteiger partial charge in [-0.15, -0.1) is 0 Å². The third-order valence-corrected chi connectivity index (χ3v) is 6.90. The van der Waals surface area contributed by atoms with Gasteiger partial charge in [-0.2, -0.15) is 13.2 Å². The molecule has 2 aliphatic rings. The van der Waals surface area contributed by atoms with Crippen LogP contribution in [0.15, 0.2) is 12.1 Å². The SMILES string of the molecule is CC(C)N1CCC(Oc2cc3cc(C(=O)N4CCC(F)(F)CC4)n(CC(F)(F)F)c3nc2Cl)CC1. The molecule has 0 radical (unpaired) electrons. The van der Waals surface area contributed by atoms with Crippen molar-refractivity contribution in [2.75, 3.05) is 26.2 Å². The van der Waals surface area contributed by atoms with Gasteiger partial charge in [0.25, 0.3) is 11.8 Å². The number of alkyl halides is 5. The molecule has 2 aromatic rings. The van der Waals surface area contributed by atoms with Gasteiger partial charge in [-0.1, -0.05) is 11.6 Å². The van der Waals surface area contributed by atoms with Gasteiger partial charge in [-0.3, -0.25) is 4.79 Å². The zero-order valence-electron chi connectivity index (χ0n) is 19.5. The summed E-state index contributed by atoms with van der Waals surface area (Å²) < 4.78 is 74.0. The normalized spacial score (nSPS) is 20.1. The smallest absolute Gasteiger partial charge is 0.406 e. The number of hydrogen-bond acceptors (Lipinski definition) is 4. The first-order valence-electron chi connectivity index (χ1n) is 11.7. The van der Waals surface area contributed by atoms with Gasteiger partial charge in [-0.25, -0.2) is 13.8 Å². The van der Waals surface area contributed by atoms with Crippen LogP contribution in [0.5, 0.6) is 5.75 Å². The Hall–Kier alpha value is -2.14. The van der Waals surface area contributed by atoms with Crippen LogP contribution in [0.3, 0.4) is 0 Å². The van der Waals surface area contributed by atoms with E-state index in [0.717, 1.165) is 35.4 Å². The molecule has 2 saturated heterocycles. The summed E-state index contributed by atoms with van der Waals surface area (Å²) >= 11 is 6.29. The van der Waals surface area contributed by atoms with E-state index < -0.39 is 37.4 Å². The van der Waals surface area contributed by atoms with E-state index in [9.17, 15) is 26.7 Å². The molecule has 2 fully saturated rings. The minimum atomic E-state index is -4.64. The second kappa shape index (κ2) is 9.72. The Morgan fingerprint density at radius 2 is 1.80 bits per heavy atom. The molecule has 12 heteroatoms. The number of piperidine rings is 2. The van der Waals surface area contributed by atoms with Crippen molar-refractivity contribution in [3.63, 3.8) is 0 Å². The van der Waals surface area contributed by atoms with Gasteiger partial charge >= 0.3 is 6.18 Å². The fraction of sp³-hybridized carbons (Fsp3) is 0.652. The summed E-state index contributed by atoms with van der Waals surface area (Å²) in [5.41, 5.74) is -0.381. The molecule has 35 heavy (non-hydrogen) atoms. The number of pyridine rings is 1. The van der Waals surface area contributed by atoms with E-state index in [4.69, 9.17) is 16.3 Å². The number of aromatic nitrogens is 2. The van der Waals surface area contributed by atoms with Crippen LogP contribution in [0, 0.1) is 0 Å². The first-order chi connectivity index (χ1) is 16.3. The molecule has 0 aliphatic carbocycles. The molecule has 0 aromatic carbocycles. The zero-order chi connectivity index (χ0) is 25.5. The monoisotopic (exact) mass is 522 g/mol. The number of carbonyl (C=O) groups is 1. The van der Waals surface area contributed by atoms with Gasteiger partial charge in [0.15, 0.2) is 10.9 Å². The van der Waals surface area contributed by atoms with Crippen LogP contribution in [0.4, 0.5) is 22.0 Å². The molecule has 6 nitrogen and oxygen atoms in total. The van der Waals surface area contributed by atoms with Crippen molar-refractivity contribution in [1.82, 2.24) is 19.4 Å². The molecule has 0 N–H and O–H groups in total. The van der Waals surface area contributed by atoms with Crippen molar-refractivity contribution in [3.05, 3.63) is 23.0 Å². The average Bonchev–Trinajstić information content (AvgIpc) is 3.09. The van der Waals surface area contributed by atoms with Crippen LogP contribution in [0.25, 0.3) is 11.0 Å². The minimum Gasteiger partial charge on any atom is -0.487 e. The van der Waals surface area contributed by atoms with Crippen molar-refractivity contribution in [2.24, 2.45) is 0 Å². The number of carbonyl (C=O) groups excluding carboxylic acids is 1. The number of halogens is 6. The first-order valence-corrected chi connectivity index (χ1v) is 12.0. The molecular weight excluding hydrogens is 495 g/mol. The van der Waals surface area contributed by atoms with Crippen molar-refractivity contribution >= 4 is 28.5 Å². The summed E-state index contributed by atoms with van der Waals surface area (Å²) in [5.74, 6) is -3.40. The Labute approximate surface area is 205 Å². The standard InChI is InChI=1S/C23H28ClF5N4O2/c1-14(2)31-7-3-16(4-8-31)35-18-12-15-11-17(21(34)32-9-5-22(25,26)6-10-32)33(13-23(27,28)29)20(15)30-19(18)24/h11-12,14,16H,3-10,13H2,1-2H3. The molecular formula is C23H28ClF5N4O2. The highest BCUT2D eigenvalue weighted by Crippen LogP contribution is 2.34. The Bertz CT molecular complexity index is 1070. The van der Waals surface area contributed by atoms with E-state index >= 15 is 0 Å². The van der Waals surface area contributed by atoms with E-state index in [-0.39, 0.29) is 46.8 Å². The lowest BCUT2D eigenvalue weighted by Crippen LogP contribution is -2.43. The third kappa shape index (κ3) is 5.99. The van der Waals surface area contributed by atoms with E-state index in [2.05, 4.69) is 23.7 Å². The quantitative estimate of drug-likeness (QED) is 0.391. The average molecular weight is 523 g/mol. The Morgan fingerprint density at radius 1 is 1.17 bits per heavy atom. The Balaban J connectivity index is 1.62. The largest absolute Gasteiger partial charge is 0.487 e. The minimum absolute atomic E-state index is 0.0954. The van der Waals surface area contributed by atoms with Gasteiger partial charge in [0.05, 0.1) is 0 Å². The van der Waals surface area contributed by atoms with Crippen LogP contribution in [-0.2, 0) is 6.54 Å². The summed E-state index contributed by atoms with van der Waals surface area (Å²) in [6, 6.07) is 3.22. The number of likely N-dealkylation sites (tertiary alicyclic amines) is 2. The Morgan fingerprint density at radius 3 is 2.37 bits per heavy atom. The van der Waals surface area contributed by atoms with Gasteiger partial charge in [0.2, 0.25) is 0 Å². The highest BCUT2D eigenvalue weighted by Gasteiger charge is 2.38. The van der Waals surface area contributed by atoms with Gasteiger partial charge in [0.1, 0.15) is 24.0 Å². The van der Waals surface area contributed by atoms with Crippen molar-refractivity contribution in [1.29, 1.82) is 0 Å². The lowest BCUT2D eigenvalue weighted by molar-refractivity contribution is -0.140. The molecule has 2 aliphatic heterocycles. The number of hydrogen-bond donors (Lipinski definition) is 0. The number of ether oxygens (including phenoxy) is 1. The van der Waals surface area contributed by atoms with Crippen LogP contribution >= 0.6 is 11.6 Å². The fourth-order valence-corrected chi connectivity index (χ4v) is 4.81. The maximum absolute atomic E-state index is 13.5. The van der Waals surface area contributed by atoms with Crippen molar-refractivity contribution < 1.29 is 31.5 Å². The van der Waals surface area contributed by atoms with Gasteiger partial charge in [0, 0.05) is 50.4 Å². The van der Waals surface area contributed by atoms with Crippen LogP contribution in [0.1, 0.15) is 50.0 Å². The van der Waals surface area contributed by atoms with E-state index in [1.807, 2.05) is 0 Å². The van der Waals surface area contributed by atoms with E-state index in [1.54, 1.807) is 0 Å². The van der Waals surface area contributed by atoms with Crippen LogP contribution < -0.4 is 4.74 Å². The molecule has 0 unspecified atom stereocenters. The molecule has 0 bridgehead atoms. The summed E-state index contributed by atoms with van der Waals surface area (Å²) in [7, 11) is 0. The molecule has 4 rings (SSSR count). The predicted molar refractivity (Wildman–Crippen MR) is 121 cm³/mol. The maximum atomic E-state index is 13.5. The summed E-state index contributed by atoms with van der Waals surface area (Å²) in [4.78, 5) is 20.7. The topological polar surface area (TPSA) is 50.6 Å². The van der Waals surface area contributed by atoms with E-state index in [1.165, 1.54) is 12.1 Å². The fourth-order valence-electron chi connectivity index (χ4n) is 4.63. The number of fused-ring (bicyclic) bond motifs is 1. The third-order valence-electron chi connectivity index (χ3n) is 6.63. The maximum Gasteiger partial charge on any atom is 0.406 e. The molecule has 4 heterocycles. The lowest BCUT2D eigenvalue weighted by Gasteiger charge is -2.34. The molecule has 2 aromatic heterocycles. The van der Waals surface area contributed by atoms with Crippen LogP contribution in [-0.4, -0.2) is 75.7 Å². The molecule has 0 atom stereocenters. The number of amides is 1. The molecule has 1 amide bonds. The zero-order valence-corrected chi connectivity index (χ0v) is 20.3. The number of nitrogens with zero attached hydrogens (tertiary/aromatic N) is 4. The summed E-state index contributed by atoms with van der Waals surface area (Å²) in [5, 5.41) is 0.167. The predicted octanol–water partition coefficient (Wildman–Crippen LogP) is 5.37. The van der Waals surface area contributed by atoms with Gasteiger partial charge in [-0.05, 0) is 38.8 Å². The van der Waals surface area contributed by atoms with Crippen LogP contribution in [0.2, 0.25) is 5.15 Å².